The summed E-state index contributed by atoms with van der Waals surface area (Å²) < 4.78 is 38.9. The number of hydrogen-bond donors (Lipinski definition) is 1. The lowest BCUT2D eigenvalue weighted by Crippen LogP contribution is -2.45. The number of rotatable bonds is 5. The predicted octanol–water partition coefficient (Wildman–Crippen LogP) is 3.06. The molecule has 1 saturated heterocycles. The van der Waals surface area contributed by atoms with Gasteiger partial charge in [0.15, 0.2) is 11.5 Å². The van der Waals surface area contributed by atoms with Crippen molar-refractivity contribution in [2.75, 3.05) is 19.9 Å². The zero-order valence-corrected chi connectivity index (χ0v) is 18.9. The van der Waals surface area contributed by atoms with E-state index in [0.29, 0.717) is 42.3 Å². The Labute approximate surface area is 183 Å². The molecule has 0 saturated carbocycles. The summed E-state index contributed by atoms with van der Waals surface area (Å²) >= 11 is 0. The maximum atomic E-state index is 13.4. The lowest BCUT2D eigenvalue weighted by atomic mass is 9.98. The fourth-order valence-electron chi connectivity index (χ4n) is 4.46. The van der Waals surface area contributed by atoms with Crippen LogP contribution >= 0.6 is 0 Å². The van der Waals surface area contributed by atoms with Gasteiger partial charge in [0.25, 0.3) is 0 Å². The van der Waals surface area contributed by atoms with Crippen LogP contribution in [0.4, 0.5) is 0 Å². The van der Waals surface area contributed by atoms with Gasteiger partial charge in [0.2, 0.25) is 22.7 Å². The maximum Gasteiger partial charge on any atom is 0.243 e. The van der Waals surface area contributed by atoms with Gasteiger partial charge in [-0.3, -0.25) is 4.79 Å². The molecule has 0 bridgehead atoms. The lowest BCUT2D eigenvalue weighted by Gasteiger charge is -2.32. The van der Waals surface area contributed by atoms with Gasteiger partial charge < -0.3 is 14.8 Å². The van der Waals surface area contributed by atoms with Crippen molar-refractivity contribution in [3.05, 3.63) is 52.6 Å². The number of ether oxygens (including phenoxy) is 2. The van der Waals surface area contributed by atoms with E-state index < -0.39 is 10.0 Å². The van der Waals surface area contributed by atoms with Crippen LogP contribution in [0.25, 0.3) is 0 Å². The first-order valence-electron chi connectivity index (χ1n) is 10.5. The normalized spacial score (nSPS) is 18.7. The number of fused-ring (bicyclic) bond motifs is 1. The average molecular weight is 445 g/mol. The van der Waals surface area contributed by atoms with Gasteiger partial charge in [-0.2, -0.15) is 4.31 Å². The zero-order chi connectivity index (χ0) is 22.2. The Bertz CT molecular complexity index is 1090. The molecule has 2 aromatic rings. The summed E-state index contributed by atoms with van der Waals surface area (Å²) in [6.45, 7) is 6.80. The van der Waals surface area contributed by atoms with Crippen LogP contribution in [-0.4, -0.2) is 38.5 Å². The van der Waals surface area contributed by atoms with Gasteiger partial charge in [0, 0.05) is 19.6 Å². The highest BCUT2D eigenvalue weighted by atomic mass is 32.2. The van der Waals surface area contributed by atoms with Crippen LogP contribution in [0.2, 0.25) is 0 Å². The topological polar surface area (TPSA) is 84.9 Å². The Kier molecular flexibility index (Phi) is 5.94. The molecule has 0 unspecified atom stereocenters. The fraction of sp³-hybridized carbons (Fsp3) is 0.435. The van der Waals surface area contributed by atoms with Crippen LogP contribution in [0.5, 0.6) is 11.5 Å². The minimum absolute atomic E-state index is 0.130. The standard InChI is InChI=1S/C23H28N2O5S/c1-15-9-16(2)22(17(3)10-15)31(27,28)25-8-4-5-19(13-25)23(26)24-12-18-6-7-20-21(11-18)30-14-29-20/h6-7,9-11,19H,4-5,8,12-14H2,1-3H3,(H,24,26)/t19-/m0/s1. The van der Waals surface area contributed by atoms with Gasteiger partial charge in [0.05, 0.1) is 10.8 Å². The Balaban J connectivity index is 1.44. The largest absolute Gasteiger partial charge is 0.454 e. The van der Waals surface area contributed by atoms with E-state index in [-0.39, 0.29) is 25.2 Å². The summed E-state index contributed by atoms with van der Waals surface area (Å²) in [4.78, 5) is 13.2. The van der Waals surface area contributed by atoms with Gasteiger partial charge in [-0.15, -0.1) is 0 Å². The van der Waals surface area contributed by atoms with Crippen LogP contribution in [0.15, 0.2) is 35.2 Å². The summed E-state index contributed by atoms with van der Waals surface area (Å²) in [5.74, 6) is 0.869. The predicted molar refractivity (Wildman–Crippen MR) is 117 cm³/mol. The molecule has 31 heavy (non-hydrogen) atoms. The van der Waals surface area contributed by atoms with Crippen molar-refractivity contribution in [2.45, 2.75) is 45.1 Å². The summed E-state index contributed by atoms with van der Waals surface area (Å²) in [6.07, 6.45) is 1.33. The number of aryl methyl sites for hydroxylation is 3. The molecule has 1 atom stereocenters. The van der Waals surface area contributed by atoms with Crippen LogP contribution in [0.1, 0.15) is 35.1 Å². The van der Waals surface area contributed by atoms with Crippen LogP contribution in [0, 0.1) is 26.7 Å². The summed E-state index contributed by atoms with van der Waals surface area (Å²) in [7, 11) is -3.66. The first kappa shape index (κ1) is 21.6. The molecule has 8 heteroatoms. The quantitative estimate of drug-likeness (QED) is 0.766. The van der Waals surface area contributed by atoms with E-state index in [1.807, 2.05) is 51.1 Å². The van der Waals surface area contributed by atoms with E-state index >= 15 is 0 Å². The monoisotopic (exact) mass is 444 g/mol. The Morgan fingerprint density at radius 3 is 2.55 bits per heavy atom. The number of hydrogen-bond acceptors (Lipinski definition) is 5. The zero-order valence-electron chi connectivity index (χ0n) is 18.1. The second kappa shape index (κ2) is 8.51. The SMILES string of the molecule is Cc1cc(C)c(S(=O)(=O)N2CCC[C@H](C(=O)NCc3ccc4c(c3)OCO4)C2)c(C)c1. The molecule has 2 heterocycles. The highest BCUT2D eigenvalue weighted by Crippen LogP contribution is 2.32. The van der Waals surface area contributed by atoms with Gasteiger partial charge in [-0.1, -0.05) is 23.8 Å². The molecule has 2 aliphatic heterocycles. The second-order valence-electron chi connectivity index (χ2n) is 8.34. The third-order valence-electron chi connectivity index (χ3n) is 5.86. The molecule has 0 aromatic heterocycles. The van der Waals surface area contributed by atoms with E-state index in [2.05, 4.69) is 5.32 Å². The van der Waals surface area contributed by atoms with Crippen LogP contribution in [0.3, 0.4) is 0 Å². The Hall–Kier alpha value is -2.58. The van der Waals surface area contributed by atoms with Crippen LogP contribution < -0.4 is 14.8 Å². The molecule has 1 N–H and O–H groups in total. The number of carbonyl (C=O) groups excluding carboxylic acids is 1. The molecule has 166 valence electrons. The molecule has 0 spiro atoms. The minimum atomic E-state index is -3.66. The molecule has 7 nitrogen and oxygen atoms in total. The second-order valence-corrected chi connectivity index (χ2v) is 10.2. The van der Waals surface area contributed by atoms with Crippen molar-refractivity contribution in [3.8, 4) is 11.5 Å². The molecule has 0 radical (unpaired) electrons. The van der Waals surface area contributed by atoms with Crippen molar-refractivity contribution >= 4 is 15.9 Å². The van der Waals surface area contributed by atoms with Crippen molar-refractivity contribution in [3.63, 3.8) is 0 Å². The third kappa shape index (κ3) is 4.41. The van der Waals surface area contributed by atoms with Crippen molar-refractivity contribution in [1.29, 1.82) is 0 Å². The molecule has 1 fully saturated rings. The minimum Gasteiger partial charge on any atom is -0.454 e. The van der Waals surface area contributed by atoms with Crippen molar-refractivity contribution < 1.29 is 22.7 Å². The Morgan fingerprint density at radius 2 is 1.81 bits per heavy atom. The molecular weight excluding hydrogens is 416 g/mol. The highest BCUT2D eigenvalue weighted by Gasteiger charge is 2.34. The van der Waals surface area contributed by atoms with E-state index in [1.54, 1.807) is 0 Å². The smallest absolute Gasteiger partial charge is 0.243 e. The summed E-state index contributed by atoms with van der Waals surface area (Å²) in [5.41, 5.74) is 3.43. The fourth-order valence-corrected chi connectivity index (χ4v) is 6.40. The average Bonchev–Trinajstić information content (AvgIpc) is 3.19. The maximum absolute atomic E-state index is 13.4. The van der Waals surface area contributed by atoms with Gasteiger partial charge in [-0.05, 0) is 62.4 Å². The van der Waals surface area contributed by atoms with E-state index in [1.165, 1.54) is 4.31 Å². The van der Waals surface area contributed by atoms with Gasteiger partial charge in [-0.25, -0.2) is 8.42 Å². The Morgan fingerprint density at radius 1 is 1.10 bits per heavy atom. The number of piperidine rings is 1. The number of carbonyl (C=O) groups is 1. The summed E-state index contributed by atoms with van der Waals surface area (Å²) in [5, 5.41) is 2.95. The van der Waals surface area contributed by atoms with E-state index in [9.17, 15) is 13.2 Å². The first-order chi connectivity index (χ1) is 14.8. The molecule has 0 aliphatic carbocycles. The summed E-state index contributed by atoms with van der Waals surface area (Å²) in [6, 6.07) is 9.33. The number of sulfonamides is 1. The van der Waals surface area contributed by atoms with Crippen molar-refractivity contribution in [2.24, 2.45) is 5.92 Å². The van der Waals surface area contributed by atoms with Gasteiger partial charge in [0.1, 0.15) is 0 Å². The molecule has 2 aliphatic rings. The number of nitrogens with zero attached hydrogens (tertiary/aromatic N) is 1. The molecule has 2 aromatic carbocycles. The molecule has 1 amide bonds. The lowest BCUT2D eigenvalue weighted by molar-refractivity contribution is -0.126. The van der Waals surface area contributed by atoms with Crippen LogP contribution in [-0.2, 0) is 21.4 Å². The highest BCUT2D eigenvalue weighted by molar-refractivity contribution is 7.89. The number of nitrogens with one attached hydrogen (secondary N) is 1. The molecule has 4 rings (SSSR count). The van der Waals surface area contributed by atoms with Gasteiger partial charge >= 0.3 is 0 Å². The molecular formula is C23H28N2O5S. The number of benzene rings is 2. The van der Waals surface area contributed by atoms with E-state index in [0.717, 1.165) is 22.3 Å². The van der Waals surface area contributed by atoms with E-state index in [4.69, 9.17) is 9.47 Å². The number of amides is 1. The third-order valence-corrected chi connectivity index (χ3v) is 8.03. The van der Waals surface area contributed by atoms with Crippen molar-refractivity contribution in [1.82, 2.24) is 9.62 Å². The first-order valence-corrected chi connectivity index (χ1v) is 11.9.